The maximum atomic E-state index is 5.96. The van der Waals surface area contributed by atoms with Crippen molar-refractivity contribution >= 4 is 11.6 Å². The highest BCUT2D eigenvalue weighted by Crippen LogP contribution is 2.20. The first kappa shape index (κ1) is 11.5. The van der Waals surface area contributed by atoms with Crippen molar-refractivity contribution in [1.29, 1.82) is 0 Å². The van der Waals surface area contributed by atoms with Crippen LogP contribution in [0.3, 0.4) is 0 Å². The molecule has 1 rings (SSSR count). The van der Waals surface area contributed by atoms with Gasteiger partial charge in [-0.15, -0.1) is 0 Å². The van der Waals surface area contributed by atoms with Crippen molar-refractivity contribution in [3.05, 3.63) is 16.9 Å². The van der Waals surface area contributed by atoms with Crippen LogP contribution in [0.1, 0.15) is 25.6 Å². The molecule has 0 saturated carbocycles. The van der Waals surface area contributed by atoms with Crippen molar-refractivity contribution in [1.82, 2.24) is 15.1 Å². The van der Waals surface area contributed by atoms with Crippen LogP contribution in [0.25, 0.3) is 0 Å². The molecule has 0 aromatic carbocycles. The van der Waals surface area contributed by atoms with Crippen molar-refractivity contribution in [2.75, 3.05) is 13.6 Å². The average molecular weight is 216 g/mol. The van der Waals surface area contributed by atoms with Crippen molar-refractivity contribution in [2.24, 2.45) is 5.92 Å². The largest absolute Gasteiger partial charge is 0.319 e. The number of nitrogens with one attached hydrogen (secondary N) is 1. The first-order valence-electron chi connectivity index (χ1n) is 4.92. The van der Waals surface area contributed by atoms with Crippen LogP contribution in [0.2, 0.25) is 5.02 Å². The summed E-state index contributed by atoms with van der Waals surface area (Å²) in [5.41, 5.74) is 0.898. The van der Waals surface area contributed by atoms with Gasteiger partial charge in [0.15, 0.2) is 0 Å². The van der Waals surface area contributed by atoms with Crippen LogP contribution >= 0.6 is 11.6 Å². The standard InChI is InChI=1S/C10H18ClN3/c1-7(5-12-4)9(3)14-6-10(11)8(2)13-14/h6-7,9,12H,5H2,1-4H3. The molecule has 0 fully saturated rings. The number of hydrogen-bond acceptors (Lipinski definition) is 2. The third-order valence-electron chi connectivity index (χ3n) is 2.62. The second-order valence-corrected chi connectivity index (χ2v) is 4.23. The summed E-state index contributed by atoms with van der Waals surface area (Å²) in [6.07, 6.45) is 1.90. The number of nitrogens with zero attached hydrogens (tertiary/aromatic N) is 2. The number of aryl methyl sites for hydroxylation is 1. The smallest absolute Gasteiger partial charge is 0.0815 e. The van der Waals surface area contributed by atoms with Crippen LogP contribution < -0.4 is 5.32 Å². The van der Waals surface area contributed by atoms with Crippen LogP contribution in [-0.2, 0) is 0 Å². The lowest BCUT2D eigenvalue weighted by atomic mass is 10.0. The van der Waals surface area contributed by atoms with E-state index in [0.717, 1.165) is 17.3 Å². The Morgan fingerprint density at radius 3 is 2.64 bits per heavy atom. The first-order valence-corrected chi connectivity index (χ1v) is 5.30. The molecule has 0 spiro atoms. The Labute approximate surface area is 90.4 Å². The topological polar surface area (TPSA) is 29.9 Å². The zero-order valence-corrected chi connectivity index (χ0v) is 9.97. The van der Waals surface area contributed by atoms with Crippen molar-refractivity contribution < 1.29 is 0 Å². The zero-order valence-electron chi connectivity index (χ0n) is 9.21. The van der Waals surface area contributed by atoms with Crippen LogP contribution in [0, 0.1) is 12.8 Å². The summed E-state index contributed by atoms with van der Waals surface area (Å²) in [6.45, 7) is 7.27. The predicted octanol–water partition coefficient (Wildman–Crippen LogP) is 2.26. The quantitative estimate of drug-likeness (QED) is 0.835. The summed E-state index contributed by atoms with van der Waals surface area (Å²) in [5.74, 6) is 0.537. The maximum absolute atomic E-state index is 5.96. The molecule has 3 nitrogen and oxygen atoms in total. The van der Waals surface area contributed by atoms with Gasteiger partial charge in [0.1, 0.15) is 0 Å². The van der Waals surface area contributed by atoms with E-state index in [9.17, 15) is 0 Å². The molecule has 1 heterocycles. The Bertz CT molecular complexity index is 276. The molecule has 1 N–H and O–H groups in total. The SMILES string of the molecule is CNCC(C)C(C)n1cc(Cl)c(C)n1. The lowest BCUT2D eigenvalue weighted by molar-refractivity contribution is 0.343. The van der Waals surface area contributed by atoms with Gasteiger partial charge in [-0.25, -0.2) is 0 Å². The number of halogens is 1. The van der Waals surface area contributed by atoms with Gasteiger partial charge in [0.05, 0.1) is 16.8 Å². The number of rotatable bonds is 4. The molecule has 0 bridgehead atoms. The molecule has 2 atom stereocenters. The molecule has 4 heteroatoms. The van der Waals surface area contributed by atoms with Gasteiger partial charge in [-0.3, -0.25) is 4.68 Å². The summed E-state index contributed by atoms with van der Waals surface area (Å²) < 4.78 is 1.94. The lowest BCUT2D eigenvalue weighted by Crippen LogP contribution is -2.24. The van der Waals surface area contributed by atoms with Gasteiger partial charge in [0.2, 0.25) is 0 Å². The van der Waals surface area contributed by atoms with Crippen LogP contribution in [0.5, 0.6) is 0 Å². The molecule has 1 aromatic rings. The van der Waals surface area contributed by atoms with Crippen molar-refractivity contribution in [3.63, 3.8) is 0 Å². The van der Waals surface area contributed by atoms with Crippen molar-refractivity contribution in [2.45, 2.75) is 26.8 Å². The van der Waals surface area contributed by atoms with Gasteiger partial charge in [0, 0.05) is 6.20 Å². The molecule has 80 valence electrons. The second kappa shape index (κ2) is 4.80. The van der Waals surface area contributed by atoms with E-state index in [1.54, 1.807) is 0 Å². The van der Waals surface area contributed by atoms with Gasteiger partial charge in [-0.2, -0.15) is 5.10 Å². The molecule has 0 aliphatic heterocycles. The first-order chi connectivity index (χ1) is 6.56. The molecule has 0 aliphatic carbocycles. The Morgan fingerprint density at radius 1 is 1.57 bits per heavy atom. The third-order valence-corrected chi connectivity index (χ3v) is 2.99. The van der Waals surface area contributed by atoms with E-state index in [2.05, 4.69) is 24.3 Å². The minimum Gasteiger partial charge on any atom is -0.319 e. The van der Waals surface area contributed by atoms with Gasteiger partial charge in [-0.1, -0.05) is 18.5 Å². The van der Waals surface area contributed by atoms with Crippen LogP contribution in [0.15, 0.2) is 6.20 Å². The van der Waals surface area contributed by atoms with Crippen molar-refractivity contribution in [3.8, 4) is 0 Å². The molecule has 1 aromatic heterocycles. The summed E-state index contributed by atoms with van der Waals surface area (Å²) in [5, 5.41) is 8.28. The predicted molar refractivity (Wildman–Crippen MR) is 59.8 cm³/mol. The molecule has 0 aliphatic rings. The maximum Gasteiger partial charge on any atom is 0.0815 e. The lowest BCUT2D eigenvalue weighted by Gasteiger charge is -2.19. The molecular formula is C10H18ClN3. The van der Waals surface area contributed by atoms with E-state index < -0.39 is 0 Å². The summed E-state index contributed by atoms with van der Waals surface area (Å²) in [7, 11) is 1.96. The van der Waals surface area contributed by atoms with E-state index in [0.29, 0.717) is 12.0 Å². The number of aromatic nitrogens is 2. The van der Waals surface area contributed by atoms with Crippen LogP contribution in [0.4, 0.5) is 0 Å². The normalized spacial score (nSPS) is 15.5. The minimum absolute atomic E-state index is 0.369. The molecular weight excluding hydrogens is 198 g/mol. The fourth-order valence-corrected chi connectivity index (χ4v) is 1.56. The van der Waals surface area contributed by atoms with E-state index in [1.807, 2.05) is 24.9 Å². The summed E-state index contributed by atoms with van der Waals surface area (Å²) in [4.78, 5) is 0. The Kier molecular flexibility index (Phi) is 3.96. The Morgan fingerprint density at radius 2 is 2.21 bits per heavy atom. The Balaban J connectivity index is 2.73. The summed E-state index contributed by atoms with van der Waals surface area (Å²) >= 11 is 5.96. The van der Waals surface area contributed by atoms with Gasteiger partial charge < -0.3 is 5.32 Å². The highest BCUT2D eigenvalue weighted by molar-refractivity contribution is 6.31. The second-order valence-electron chi connectivity index (χ2n) is 3.82. The van der Waals surface area contributed by atoms with E-state index in [4.69, 9.17) is 11.6 Å². The zero-order chi connectivity index (χ0) is 10.7. The average Bonchev–Trinajstić information content (AvgIpc) is 2.46. The third kappa shape index (κ3) is 2.49. The van der Waals surface area contributed by atoms with E-state index in [1.165, 1.54) is 0 Å². The van der Waals surface area contributed by atoms with Crippen LogP contribution in [-0.4, -0.2) is 23.4 Å². The summed E-state index contributed by atoms with van der Waals surface area (Å²) in [6, 6.07) is 0.369. The monoisotopic (exact) mass is 215 g/mol. The molecule has 0 radical (unpaired) electrons. The highest BCUT2D eigenvalue weighted by Gasteiger charge is 2.15. The molecule has 14 heavy (non-hydrogen) atoms. The van der Waals surface area contributed by atoms with Gasteiger partial charge >= 0.3 is 0 Å². The fraction of sp³-hybridized carbons (Fsp3) is 0.700. The van der Waals surface area contributed by atoms with E-state index >= 15 is 0 Å². The molecule has 2 unspecified atom stereocenters. The van der Waals surface area contributed by atoms with Gasteiger partial charge in [-0.05, 0) is 33.4 Å². The molecule has 0 amide bonds. The van der Waals surface area contributed by atoms with Gasteiger partial charge in [0.25, 0.3) is 0 Å². The molecule has 0 saturated heterocycles. The Hall–Kier alpha value is -0.540. The minimum atomic E-state index is 0.369. The van der Waals surface area contributed by atoms with E-state index in [-0.39, 0.29) is 0 Å². The fourth-order valence-electron chi connectivity index (χ4n) is 1.42. The highest BCUT2D eigenvalue weighted by atomic mass is 35.5. The number of hydrogen-bond donors (Lipinski definition) is 1.